The van der Waals surface area contributed by atoms with Crippen LogP contribution in [0.1, 0.15) is 23.2 Å². The largest absolute Gasteiger partial charge is 0.478 e. The van der Waals surface area contributed by atoms with Gasteiger partial charge in [-0.05, 0) is 37.3 Å². The van der Waals surface area contributed by atoms with Gasteiger partial charge in [-0.25, -0.2) is 4.79 Å². The Labute approximate surface area is 105 Å². The maximum Gasteiger partial charge on any atom is 0.335 e. The number of carboxylic acid groups (broad SMARTS) is 1. The first kappa shape index (κ1) is 12.1. The van der Waals surface area contributed by atoms with Crippen molar-refractivity contribution in [2.75, 3.05) is 23.9 Å². The molecule has 1 fully saturated rings. The number of carbonyl (C=O) groups is 1. The second kappa shape index (κ2) is 4.49. The highest BCUT2D eigenvalue weighted by atomic mass is 32.2. The SMILES string of the molecule is CSC1(CNc2cc(C(=O)O)ccc2N)CC1. The fourth-order valence-electron chi connectivity index (χ4n) is 1.69. The summed E-state index contributed by atoms with van der Waals surface area (Å²) >= 11 is 1.85. The van der Waals surface area contributed by atoms with Gasteiger partial charge in [0.1, 0.15) is 0 Å². The Bertz CT molecular complexity index is 444. The summed E-state index contributed by atoms with van der Waals surface area (Å²) in [5.41, 5.74) is 7.38. The third-order valence-electron chi connectivity index (χ3n) is 3.14. The molecule has 0 bridgehead atoms. The summed E-state index contributed by atoms with van der Waals surface area (Å²) in [7, 11) is 0. The molecule has 1 aromatic carbocycles. The molecule has 1 saturated carbocycles. The summed E-state index contributed by atoms with van der Waals surface area (Å²) in [4.78, 5) is 10.9. The number of nitrogens with two attached hydrogens (primary N) is 1. The van der Waals surface area contributed by atoms with Crippen molar-refractivity contribution in [1.82, 2.24) is 0 Å². The normalized spacial score (nSPS) is 16.5. The van der Waals surface area contributed by atoms with Gasteiger partial charge in [0.25, 0.3) is 0 Å². The first-order valence-corrected chi connectivity index (χ1v) is 6.71. The van der Waals surface area contributed by atoms with Crippen molar-refractivity contribution in [2.45, 2.75) is 17.6 Å². The number of carboxylic acids is 1. The lowest BCUT2D eigenvalue weighted by Gasteiger charge is -2.15. The molecule has 0 radical (unpaired) electrons. The number of nitrogens with one attached hydrogen (secondary N) is 1. The highest BCUT2D eigenvalue weighted by Crippen LogP contribution is 2.47. The molecule has 2 rings (SSSR count). The Hall–Kier alpha value is -1.36. The molecular weight excluding hydrogens is 236 g/mol. The fraction of sp³-hybridized carbons (Fsp3) is 0.417. The highest BCUT2D eigenvalue weighted by molar-refractivity contribution is 8.00. The molecule has 0 heterocycles. The number of nitrogen functional groups attached to an aromatic ring is 1. The summed E-state index contributed by atoms with van der Waals surface area (Å²) in [6.45, 7) is 0.835. The number of hydrogen-bond acceptors (Lipinski definition) is 4. The zero-order valence-electron chi connectivity index (χ0n) is 9.69. The Kier molecular flexibility index (Phi) is 3.19. The smallest absolute Gasteiger partial charge is 0.335 e. The summed E-state index contributed by atoms with van der Waals surface area (Å²) in [6, 6.07) is 4.74. The van der Waals surface area contributed by atoms with Gasteiger partial charge in [-0.15, -0.1) is 0 Å². The number of thioether (sulfide) groups is 1. The number of aromatic carboxylic acids is 1. The molecule has 5 heteroatoms. The molecule has 1 aliphatic carbocycles. The van der Waals surface area contributed by atoms with E-state index in [0.717, 1.165) is 6.54 Å². The molecule has 0 amide bonds. The Balaban J connectivity index is 2.09. The first-order valence-electron chi connectivity index (χ1n) is 5.48. The molecule has 1 aromatic rings. The van der Waals surface area contributed by atoms with Gasteiger partial charge in [-0.2, -0.15) is 11.8 Å². The molecule has 92 valence electrons. The minimum Gasteiger partial charge on any atom is -0.478 e. The predicted molar refractivity (Wildman–Crippen MR) is 71.8 cm³/mol. The zero-order valence-corrected chi connectivity index (χ0v) is 10.5. The van der Waals surface area contributed by atoms with Crippen LogP contribution in [0.15, 0.2) is 18.2 Å². The average Bonchev–Trinajstić information content (AvgIpc) is 3.08. The lowest BCUT2D eigenvalue weighted by Crippen LogP contribution is -2.18. The summed E-state index contributed by atoms with van der Waals surface area (Å²) in [5, 5.41) is 12.2. The van der Waals surface area contributed by atoms with Crippen molar-refractivity contribution in [3.8, 4) is 0 Å². The molecule has 4 N–H and O–H groups in total. The Morgan fingerprint density at radius 3 is 2.82 bits per heavy atom. The Morgan fingerprint density at radius 2 is 2.29 bits per heavy atom. The van der Waals surface area contributed by atoms with Crippen molar-refractivity contribution in [2.24, 2.45) is 0 Å². The summed E-state index contributed by atoms with van der Waals surface area (Å²) in [6.07, 6.45) is 4.52. The number of benzene rings is 1. The number of rotatable bonds is 5. The van der Waals surface area contributed by atoms with Gasteiger partial charge >= 0.3 is 5.97 Å². The topological polar surface area (TPSA) is 75.3 Å². The van der Waals surface area contributed by atoms with Gasteiger partial charge in [0.2, 0.25) is 0 Å². The van der Waals surface area contributed by atoms with E-state index >= 15 is 0 Å². The third kappa shape index (κ3) is 2.66. The molecule has 0 aliphatic heterocycles. The van der Waals surface area contributed by atoms with E-state index in [1.54, 1.807) is 12.1 Å². The monoisotopic (exact) mass is 252 g/mol. The second-order valence-electron chi connectivity index (χ2n) is 4.35. The molecule has 0 unspecified atom stereocenters. The lowest BCUT2D eigenvalue weighted by molar-refractivity contribution is 0.0697. The van der Waals surface area contributed by atoms with Gasteiger partial charge in [0.05, 0.1) is 16.9 Å². The van der Waals surface area contributed by atoms with E-state index in [2.05, 4.69) is 11.6 Å². The standard InChI is InChI=1S/C12H16N2O2S/c1-17-12(4-5-12)7-14-10-6-8(11(15)16)2-3-9(10)13/h2-3,6,14H,4-5,7,13H2,1H3,(H,15,16). The van der Waals surface area contributed by atoms with E-state index < -0.39 is 5.97 Å². The van der Waals surface area contributed by atoms with Crippen molar-refractivity contribution in [3.05, 3.63) is 23.8 Å². The average molecular weight is 252 g/mol. The van der Waals surface area contributed by atoms with E-state index in [-0.39, 0.29) is 5.56 Å². The van der Waals surface area contributed by atoms with E-state index in [4.69, 9.17) is 10.8 Å². The van der Waals surface area contributed by atoms with E-state index in [9.17, 15) is 4.79 Å². The molecular formula is C12H16N2O2S. The maximum atomic E-state index is 10.9. The summed E-state index contributed by atoms with van der Waals surface area (Å²) < 4.78 is 0.325. The van der Waals surface area contributed by atoms with Crippen LogP contribution in [0.2, 0.25) is 0 Å². The second-order valence-corrected chi connectivity index (χ2v) is 5.62. The van der Waals surface area contributed by atoms with Gasteiger partial charge in [0.15, 0.2) is 0 Å². The van der Waals surface area contributed by atoms with Crippen molar-refractivity contribution < 1.29 is 9.90 Å². The summed E-state index contributed by atoms with van der Waals surface area (Å²) in [5.74, 6) is -0.931. The van der Waals surface area contributed by atoms with Gasteiger partial charge in [-0.3, -0.25) is 0 Å². The van der Waals surface area contributed by atoms with Crippen LogP contribution in [-0.2, 0) is 0 Å². The van der Waals surface area contributed by atoms with Crippen LogP contribution >= 0.6 is 11.8 Å². The van der Waals surface area contributed by atoms with Crippen molar-refractivity contribution in [1.29, 1.82) is 0 Å². The lowest BCUT2D eigenvalue weighted by atomic mass is 10.1. The van der Waals surface area contributed by atoms with Gasteiger partial charge in [0, 0.05) is 11.3 Å². The molecule has 4 nitrogen and oxygen atoms in total. The van der Waals surface area contributed by atoms with E-state index in [1.807, 2.05) is 11.8 Å². The van der Waals surface area contributed by atoms with Crippen LogP contribution < -0.4 is 11.1 Å². The minimum atomic E-state index is -0.931. The third-order valence-corrected chi connectivity index (χ3v) is 4.56. The van der Waals surface area contributed by atoms with Crippen LogP contribution in [0, 0.1) is 0 Å². The van der Waals surface area contributed by atoms with E-state index in [0.29, 0.717) is 16.1 Å². The fourth-order valence-corrected chi connectivity index (χ4v) is 2.42. The first-order chi connectivity index (χ1) is 8.06. The molecule has 0 atom stereocenters. The maximum absolute atomic E-state index is 10.9. The van der Waals surface area contributed by atoms with Crippen molar-refractivity contribution in [3.63, 3.8) is 0 Å². The van der Waals surface area contributed by atoms with Gasteiger partial charge < -0.3 is 16.2 Å². The molecule has 0 spiro atoms. The predicted octanol–water partition coefficient (Wildman–Crippen LogP) is 2.27. The van der Waals surface area contributed by atoms with Crippen LogP contribution in [0.5, 0.6) is 0 Å². The number of anilines is 2. The Morgan fingerprint density at radius 1 is 1.59 bits per heavy atom. The molecule has 17 heavy (non-hydrogen) atoms. The molecule has 1 aliphatic rings. The minimum absolute atomic E-state index is 0.260. The van der Waals surface area contributed by atoms with E-state index in [1.165, 1.54) is 18.9 Å². The number of hydrogen-bond donors (Lipinski definition) is 3. The van der Waals surface area contributed by atoms with Crippen LogP contribution in [0.4, 0.5) is 11.4 Å². The highest BCUT2D eigenvalue weighted by Gasteiger charge is 2.41. The quantitative estimate of drug-likeness (QED) is 0.701. The molecule has 0 saturated heterocycles. The van der Waals surface area contributed by atoms with Crippen LogP contribution in [0.3, 0.4) is 0 Å². The molecule has 0 aromatic heterocycles. The zero-order chi connectivity index (χ0) is 12.5. The van der Waals surface area contributed by atoms with Gasteiger partial charge in [-0.1, -0.05) is 0 Å². The van der Waals surface area contributed by atoms with Crippen LogP contribution in [-0.4, -0.2) is 28.6 Å². The van der Waals surface area contributed by atoms with Crippen molar-refractivity contribution >= 4 is 29.1 Å². The van der Waals surface area contributed by atoms with Crippen LogP contribution in [0.25, 0.3) is 0 Å².